The molecule has 5 nitrogen and oxygen atoms in total. The highest BCUT2D eigenvalue weighted by Gasteiger charge is 2.11. The summed E-state index contributed by atoms with van der Waals surface area (Å²) < 4.78 is 10.5. The molecule has 0 unspecified atom stereocenters. The number of ether oxygens (including phenoxy) is 2. The maximum atomic E-state index is 11.7. The van der Waals surface area contributed by atoms with E-state index in [0.717, 1.165) is 11.3 Å². The van der Waals surface area contributed by atoms with Crippen LogP contribution in [0.2, 0.25) is 0 Å². The van der Waals surface area contributed by atoms with Crippen LogP contribution in [-0.2, 0) is 4.79 Å². The van der Waals surface area contributed by atoms with Crippen molar-refractivity contribution in [1.29, 1.82) is 0 Å². The summed E-state index contributed by atoms with van der Waals surface area (Å²) in [6, 6.07) is 12.2. The van der Waals surface area contributed by atoms with Crippen molar-refractivity contribution >= 4 is 17.7 Å². The Balaban J connectivity index is 1.58. The molecule has 23 heavy (non-hydrogen) atoms. The van der Waals surface area contributed by atoms with Crippen LogP contribution in [0.3, 0.4) is 0 Å². The molecule has 3 rings (SSSR count). The molecule has 2 N–H and O–H groups in total. The fourth-order valence-electron chi connectivity index (χ4n) is 2.08. The Labute approximate surface area is 133 Å². The topological polar surface area (TPSA) is 67.8 Å². The zero-order valence-corrected chi connectivity index (χ0v) is 12.2. The van der Waals surface area contributed by atoms with Gasteiger partial charge in [0, 0.05) is 6.08 Å². The van der Waals surface area contributed by atoms with Gasteiger partial charge in [0.1, 0.15) is 5.75 Å². The van der Waals surface area contributed by atoms with Gasteiger partial charge in [0.2, 0.25) is 12.7 Å². The monoisotopic (exact) mass is 309 g/mol. The third-order valence-electron chi connectivity index (χ3n) is 3.21. The molecule has 1 aliphatic heterocycles. The number of amides is 1. The number of para-hydroxylation sites is 2. The van der Waals surface area contributed by atoms with E-state index in [0.29, 0.717) is 11.4 Å². The van der Waals surface area contributed by atoms with Crippen LogP contribution < -0.4 is 14.8 Å². The summed E-state index contributed by atoms with van der Waals surface area (Å²) in [6.07, 6.45) is 6.61. The number of nitrogens with one attached hydrogen (secondary N) is 1. The molecule has 2 aromatic carbocycles. The second-order valence-corrected chi connectivity index (χ2v) is 4.84. The number of rotatable bonds is 4. The van der Waals surface area contributed by atoms with Gasteiger partial charge in [-0.2, -0.15) is 0 Å². The number of phenolic OH excluding ortho intramolecular Hbond substituents is 1. The summed E-state index contributed by atoms with van der Waals surface area (Å²) in [7, 11) is 0. The first-order chi connectivity index (χ1) is 11.2. The second kappa shape index (κ2) is 6.70. The fraction of sp³-hybridized carbons (Fsp3) is 0.0556. The van der Waals surface area contributed by atoms with E-state index in [2.05, 4.69) is 5.32 Å². The maximum absolute atomic E-state index is 11.7. The minimum atomic E-state index is -0.318. The lowest BCUT2D eigenvalue weighted by molar-refractivity contribution is -0.111. The lowest BCUT2D eigenvalue weighted by atomic mass is 10.2. The summed E-state index contributed by atoms with van der Waals surface area (Å²) in [6.45, 7) is 0.245. The Morgan fingerprint density at radius 3 is 2.78 bits per heavy atom. The van der Waals surface area contributed by atoms with Gasteiger partial charge in [0.25, 0.3) is 0 Å². The first-order valence-corrected chi connectivity index (χ1v) is 7.06. The van der Waals surface area contributed by atoms with Gasteiger partial charge in [-0.3, -0.25) is 4.79 Å². The number of fused-ring (bicyclic) bond motifs is 1. The van der Waals surface area contributed by atoms with Crippen molar-refractivity contribution in [3.8, 4) is 17.2 Å². The minimum absolute atomic E-state index is 0.0325. The Kier molecular flexibility index (Phi) is 4.29. The van der Waals surface area contributed by atoms with E-state index in [4.69, 9.17) is 9.47 Å². The molecule has 2 aromatic rings. The third kappa shape index (κ3) is 3.71. The summed E-state index contributed by atoms with van der Waals surface area (Å²) in [5.74, 6) is 1.17. The Morgan fingerprint density at radius 1 is 1.09 bits per heavy atom. The molecule has 0 saturated carbocycles. The zero-order valence-electron chi connectivity index (χ0n) is 12.2. The molecule has 1 aliphatic rings. The largest absolute Gasteiger partial charge is 0.506 e. The first-order valence-electron chi connectivity index (χ1n) is 7.06. The Morgan fingerprint density at radius 2 is 1.91 bits per heavy atom. The van der Waals surface area contributed by atoms with E-state index in [1.165, 1.54) is 12.1 Å². The van der Waals surface area contributed by atoms with Crippen molar-refractivity contribution in [2.75, 3.05) is 12.1 Å². The van der Waals surface area contributed by atoms with E-state index in [-0.39, 0.29) is 18.4 Å². The summed E-state index contributed by atoms with van der Waals surface area (Å²) in [5.41, 5.74) is 1.32. The van der Waals surface area contributed by atoms with Crippen LogP contribution >= 0.6 is 0 Å². The number of carbonyl (C=O) groups is 1. The molecule has 0 bridgehead atoms. The molecule has 0 aromatic heterocycles. The van der Waals surface area contributed by atoms with Gasteiger partial charge in [-0.15, -0.1) is 0 Å². The van der Waals surface area contributed by atoms with Crippen LogP contribution in [0.15, 0.2) is 60.7 Å². The van der Waals surface area contributed by atoms with Gasteiger partial charge in [0.05, 0.1) is 5.69 Å². The van der Waals surface area contributed by atoms with Crippen molar-refractivity contribution in [2.45, 2.75) is 0 Å². The number of carbonyl (C=O) groups excluding carboxylic acids is 1. The van der Waals surface area contributed by atoms with Crippen LogP contribution in [0, 0.1) is 0 Å². The molecule has 1 heterocycles. The van der Waals surface area contributed by atoms with Crippen LogP contribution in [0.4, 0.5) is 5.69 Å². The number of allylic oxidation sites excluding steroid dienone is 2. The SMILES string of the molecule is O=C(/C=C/C=C/c1ccc2c(c1)OCO2)Nc1ccccc1O. The lowest BCUT2D eigenvalue weighted by Gasteiger charge is -2.03. The van der Waals surface area contributed by atoms with Gasteiger partial charge in [-0.25, -0.2) is 0 Å². The zero-order chi connectivity index (χ0) is 16.1. The second-order valence-electron chi connectivity index (χ2n) is 4.84. The smallest absolute Gasteiger partial charge is 0.248 e. The highest BCUT2D eigenvalue weighted by Crippen LogP contribution is 2.32. The molecule has 0 spiro atoms. The molecular formula is C18H15NO4. The highest BCUT2D eigenvalue weighted by atomic mass is 16.7. The number of hydrogen-bond acceptors (Lipinski definition) is 4. The van der Waals surface area contributed by atoms with Crippen LogP contribution in [0.1, 0.15) is 5.56 Å². The average molecular weight is 309 g/mol. The summed E-state index contributed by atoms with van der Waals surface area (Å²) in [5, 5.41) is 12.2. The maximum Gasteiger partial charge on any atom is 0.248 e. The standard InChI is InChI=1S/C18H15NO4/c20-15-7-3-2-6-14(15)19-18(21)8-4-1-5-13-9-10-16-17(11-13)23-12-22-16/h1-11,20H,12H2,(H,19,21)/b5-1+,8-4+. The molecule has 1 amide bonds. The number of anilines is 1. The van der Waals surface area contributed by atoms with E-state index in [9.17, 15) is 9.90 Å². The highest BCUT2D eigenvalue weighted by molar-refractivity contribution is 6.00. The van der Waals surface area contributed by atoms with Crippen molar-refractivity contribution in [3.05, 3.63) is 66.3 Å². The van der Waals surface area contributed by atoms with Crippen LogP contribution in [0.5, 0.6) is 17.2 Å². The van der Waals surface area contributed by atoms with Crippen molar-refractivity contribution in [3.63, 3.8) is 0 Å². The third-order valence-corrected chi connectivity index (χ3v) is 3.21. The Hall–Kier alpha value is -3.21. The van der Waals surface area contributed by atoms with E-state index < -0.39 is 0 Å². The normalized spacial score (nSPS) is 12.9. The van der Waals surface area contributed by atoms with Crippen LogP contribution in [-0.4, -0.2) is 17.8 Å². The quantitative estimate of drug-likeness (QED) is 0.516. The van der Waals surface area contributed by atoms with Crippen molar-refractivity contribution in [1.82, 2.24) is 0 Å². The molecular weight excluding hydrogens is 294 g/mol. The molecule has 0 fully saturated rings. The van der Waals surface area contributed by atoms with Gasteiger partial charge < -0.3 is 19.9 Å². The predicted octanol–water partition coefficient (Wildman–Crippen LogP) is 3.33. The molecule has 5 heteroatoms. The first kappa shape index (κ1) is 14.7. The molecule has 116 valence electrons. The van der Waals surface area contributed by atoms with Gasteiger partial charge >= 0.3 is 0 Å². The van der Waals surface area contributed by atoms with Crippen LogP contribution in [0.25, 0.3) is 6.08 Å². The molecule has 0 radical (unpaired) electrons. The number of benzene rings is 2. The van der Waals surface area contributed by atoms with Gasteiger partial charge in [-0.05, 0) is 29.8 Å². The van der Waals surface area contributed by atoms with E-state index in [1.54, 1.807) is 30.4 Å². The molecule has 0 aliphatic carbocycles. The molecule has 0 atom stereocenters. The summed E-state index contributed by atoms with van der Waals surface area (Å²) >= 11 is 0. The number of phenols is 1. The Bertz CT molecular complexity index is 780. The van der Waals surface area contributed by atoms with Crippen molar-refractivity contribution in [2.24, 2.45) is 0 Å². The van der Waals surface area contributed by atoms with E-state index in [1.807, 2.05) is 24.3 Å². The fourth-order valence-corrected chi connectivity index (χ4v) is 2.08. The number of aromatic hydroxyl groups is 1. The van der Waals surface area contributed by atoms with Gasteiger partial charge in [0.15, 0.2) is 11.5 Å². The van der Waals surface area contributed by atoms with Gasteiger partial charge in [-0.1, -0.05) is 36.4 Å². The predicted molar refractivity (Wildman–Crippen MR) is 87.5 cm³/mol. The number of hydrogen-bond donors (Lipinski definition) is 2. The van der Waals surface area contributed by atoms with E-state index >= 15 is 0 Å². The molecule has 0 saturated heterocycles. The average Bonchev–Trinajstić information content (AvgIpc) is 3.01. The minimum Gasteiger partial charge on any atom is -0.506 e. The lowest BCUT2D eigenvalue weighted by Crippen LogP contribution is -2.07. The summed E-state index contributed by atoms with van der Waals surface area (Å²) in [4.78, 5) is 11.7. The van der Waals surface area contributed by atoms with Crippen molar-refractivity contribution < 1.29 is 19.4 Å².